The van der Waals surface area contributed by atoms with E-state index in [2.05, 4.69) is 10.6 Å². The molecule has 0 aromatic heterocycles. The van der Waals surface area contributed by atoms with Crippen LogP contribution in [-0.4, -0.2) is 25.5 Å². The Bertz CT molecular complexity index is 337. The molecule has 0 spiro atoms. The van der Waals surface area contributed by atoms with Crippen molar-refractivity contribution in [2.24, 2.45) is 5.92 Å². The van der Waals surface area contributed by atoms with Crippen molar-refractivity contribution in [3.63, 3.8) is 0 Å². The molecule has 2 N–H and O–H groups in total. The number of carbonyl (C=O) groups is 1. The second kappa shape index (κ2) is 7.30. The van der Waals surface area contributed by atoms with Crippen LogP contribution in [0.4, 0.5) is 0 Å². The second-order valence-corrected chi connectivity index (χ2v) is 4.33. The average Bonchev–Trinajstić information content (AvgIpc) is 2.81. The van der Waals surface area contributed by atoms with Crippen LogP contribution in [0.1, 0.15) is 12.0 Å². The van der Waals surface area contributed by atoms with Crippen LogP contribution in [0.15, 0.2) is 30.3 Å². The number of nitrogens with one attached hydrogen (secondary N) is 2. The molecule has 1 aliphatic heterocycles. The van der Waals surface area contributed by atoms with Crippen LogP contribution in [0.5, 0.6) is 0 Å². The minimum Gasteiger partial charge on any atom is -0.355 e. The van der Waals surface area contributed by atoms with E-state index in [4.69, 9.17) is 0 Å². The van der Waals surface area contributed by atoms with Crippen molar-refractivity contribution >= 4 is 18.3 Å². The van der Waals surface area contributed by atoms with Gasteiger partial charge in [-0.25, -0.2) is 0 Å². The largest absolute Gasteiger partial charge is 0.355 e. The third-order valence-electron chi connectivity index (χ3n) is 2.96. The summed E-state index contributed by atoms with van der Waals surface area (Å²) in [4.78, 5) is 11.6. The number of rotatable bonds is 4. The molecule has 17 heavy (non-hydrogen) atoms. The normalized spacial score (nSPS) is 18.5. The van der Waals surface area contributed by atoms with E-state index in [0.29, 0.717) is 12.3 Å². The molecule has 1 amide bonds. The minimum atomic E-state index is 0. The lowest BCUT2D eigenvalue weighted by Crippen LogP contribution is -2.31. The Kier molecular flexibility index (Phi) is 6.01. The highest BCUT2D eigenvalue weighted by molar-refractivity contribution is 5.85. The van der Waals surface area contributed by atoms with Crippen LogP contribution in [0, 0.1) is 5.92 Å². The minimum absolute atomic E-state index is 0. The first kappa shape index (κ1) is 14.0. The van der Waals surface area contributed by atoms with Gasteiger partial charge in [-0.05, 0) is 31.0 Å². The SMILES string of the molecule is Cl.O=C(Cc1ccccc1)NC[C@H]1CCNC1. The molecule has 1 heterocycles. The number of hydrogen-bond acceptors (Lipinski definition) is 2. The lowest BCUT2D eigenvalue weighted by atomic mass is 10.1. The number of amides is 1. The lowest BCUT2D eigenvalue weighted by Gasteiger charge is -2.09. The Balaban J connectivity index is 0.00000144. The molecule has 3 nitrogen and oxygen atoms in total. The van der Waals surface area contributed by atoms with E-state index in [-0.39, 0.29) is 18.3 Å². The van der Waals surface area contributed by atoms with Gasteiger partial charge in [0, 0.05) is 6.54 Å². The molecule has 1 aromatic rings. The van der Waals surface area contributed by atoms with Gasteiger partial charge in [0.15, 0.2) is 0 Å². The summed E-state index contributed by atoms with van der Waals surface area (Å²) in [5, 5.41) is 6.29. The molecule has 1 fully saturated rings. The third-order valence-corrected chi connectivity index (χ3v) is 2.96. The van der Waals surface area contributed by atoms with E-state index in [0.717, 1.165) is 25.2 Å². The van der Waals surface area contributed by atoms with E-state index in [1.54, 1.807) is 0 Å². The standard InChI is InChI=1S/C13H18N2O.ClH/c16-13(8-11-4-2-1-3-5-11)15-10-12-6-7-14-9-12;/h1-5,12,14H,6-10H2,(H,15,16);1H/t12-;/m0./s1. The van der Waals surface area contributed by atoms with Crippen molar-refractivity contribution in [3.05, 3.63) is 35.9 Å². The van der Waals surface area contributed by atoms with Crippen LogP contribution < -0.4 is 10.6 Å². The third kappa shape index (κ3) is 4.75. The molecule has 1 aliphatic rings. The molecule has 0 bridgehead atoms. The molecule has 1 aromatic carbocycles. The van der Waals surface area contributed by atoms with E-state index in [1.165, 1.54) is 6.42 Å². The molecular formula is C13H19ClN2O. The summed E-state index contributed by atoms with van der Waals surface area (Å²) in [5.41, 5.74) is 1.07. The summed E-state index contributed by atoms with van der Waals surface area (Å²) in [6.07, 6.45) is 1.66. The van der Waals surface area contributed by atoms with Crippen LogP contribution in [-0.2, 0) is 11.2 Å². The molecule has 0 saturated carbocycles. The predicted molar refractivity (Wildman–Crippen MR) is 71.4 cm³/mol. The van der Waals surface area contributed by atoms with Crippen molar-refractivity contribution in [1.82, 2.24) is 10.6 Å². The Morgan fingerprint density at radius 3 is 2.76 bits per heavy atom. The second-order valence-electron chi connectivity index (χ2n) is 4.33. The molecule has 94 valence electrons. The maximum absolute atomic E-state index is 11.6. The van der Waals surface area contributed by atoms with Gasteiger partial charge in [-0.2, -0.15) is 0 Å². The first-order valence-electron chi connectivity index (χ1n) is 5.86. The fourth-order valence-electron chi connectivity index (χ4n) is 1.99. The average molecular weight is 255 g/mol. The molecule has 4 heteroatoms. The summed E-state index contributed by atoms with van der Waals surface area (Å²) in [7, 11) is 0. The molecule has 2 rings (SSSR count). The smallest absolute Gasteiger partial charge is 0.224 e. The van der Waals surface area contributed by atoms with Gasteiger partial charge in [0.1, 0.15) is 0 Å². The van der Waals surface area contributed by atoms with Gasteiger partial charge < -0.3 is 10.6 Å². The van der Waals surface area contributed by atoms with Crippen molar-refractivity contribution in [3.8, 4) is 0 Å². The summed E-state index contributed by atoms with van der Waals surface area (Å²) in [6, 6.07) is 9.85. The Hall–Kier alpha value is -1.06. The zero-order chi connectivity index (χ0) is 11.2. The number of benzene rings is 1. The van der Waals surface area contributed by atoms with Crippen molar-refractivity contribution in [1.29, 1.82) is 0 Å². The Morgan fingerprint density at radius 2 is 2.12 bits per heavy atom. The van der Waals surface area contributed by atoms with Crippen LogP contribution in [0.25, 0.3) is 0 Å². The topological polar surface area (TPSA) is 41.1 Å². The van der Waals surface area contributed by atoms with Crippen LogP contribution in [0.3, 0.4) is 0 Å². The summed E-state index contributed by atoms with van der Waals surface area (Å²) >= 11 is 0. The monoisotopic (exact) mass is 254 g/mol. The number of carbonyl (C=O) groups excluding carboxylic acids is 1. The molecule has 0 aliphatic carbocycles. The van der Waals surface area contributed by atoms with E-state index >= 15 is 0 Å². The Morgan fingerprint density at radius 1 is 1.35 bits per heavy atom. The summed E-state index contributed by atoms with van der Waals surface area (Å²) < 4.78 is 0. The molecular weight excluding hydrogens is 236 g/mol. The fourth-order valence-corrected chi connectivity index (χ4v) is 1.99. The maximum atomic E-state index is 11.6. The fraction of sp³-hybridized carbons (Fsp3) is 0.462. The van der Waals surface area contributed by atoms with Crippen LogP contribution >= 0.6 is 12.4 Å². The number of hydrogen-bond donors (Lipinski definition) is 2. The Labute approximate surface area is 108 Å². The van der Waals surface area contributed by atoms with Gasteiger partial charge >= 0.3 is 0 Å². The van der Waals surface area contributed by atoms with Gasteiger partial charge in [-0.1, -0.05) is 30.3 Å². The first-order valence-corrected chi connectivity index (χ1v) is 5.86. The van der Waals surface area contributed by atoms with E-state index < -0.39 is 0 Å². The van der Waals surface area contributed by atoms with Gasteiger partial charge in [-0.15, -0.1) is 12.4 Å². The van der Waals surface area contributed by atoms with E-state index in [9.17, 15) is 4.79 Å². The van der Waals surface area contributed by atoms with Gasteiger partial charge in [-0.3, -0.25) is 4.79 Å². The summed E-state index contributed by atoms with van der Waals surface area (Å²) in [5.74, 6) is 0.734. The van der Waals surface area contributed by atoms with E-state index in [1.807, 2.05) is 30.3 Å². The van der Waals surface area contributed by atoms with Crippen molar-refractivity contribution in [2.45, 2.75) is 12.8 Å². The molecule has 1 atom stereocenters. The molecule has 0 radical (unpaired) electrons. The maximum Gasteiger partial charge on any atom is 0.224 e. The highest BCUT2D eigenvalue weighted by atomic mass is 35.5. The first-order chi connectivity index (χ1) is 7.84. The van der Waals surface area contributed by atoms with Crippen molar-refractivity contribution in [2.75, 3.05) is 19.6 Å². The van der Waals surface area contributed by atoms with Gasteiger partial charge in [0.05, 0.1) is 6.42 Å². The summed E-state index contributed by atoms with van der Waals surface area (Å²) in [6.45, 7) is 2.92. The lowest BCUT2D eigenvalue weighted by molar-refractivity contribution is -0.120. The highest BCUT2D eigenvalue weighted by Gasteiger charge is 2.14. The molecule has 1 saturated heterocycles. The number of halogens is 1. The predicted octanol–water partition coefficient (Wildman–Crippen LogP) is 1.38. The molecule has 0 unspecified atom stereocenters. The zero-order valence-electron chi connectivity index (χ0n) is 9.82. The quantitative estimate of drug-likeness (QED) is 0.852. The van der Waals surface area contributed by atoms with Crippen LogP contribution in [0.2, 0.25) is 0 Å². The van der Waals surface area contributed by atoms with Gasteiger partial charge in [0.2, 0.25) is 5.91 Å². The van der Waals surface area contributed by atoms with Crippen molar-refractivity contribution < 1.29 is 4.79 Å². The highest BCUT2D eigenvalue weighted by Crippen LogP contribution is 2.05. The zero-order valence-corrected chi connectivity index (χ0v) is 10.6. The van der Waals surface area contributed by atoms with Gasteiger partial charge in [0.25, 0.3) is 0 Å².